The third-order valence-electron chi connectivity index (χ3n) is 2.89. The van der Waals surface area contributed by atoms with Gasteiger partial charge in [0, 0.05) is 13.1 Å². The van der Waals surface area contributed by atoms with Crippen LogP contribution in [0.1, 0.15) is 13.8 Å². The van der Waals surface area contributed by atoms with Crippen LogP contribution in [0.2, 0.25) is 0 Å². The van der Waals surface area contributed by atoms with Crippen molar-refractivity contribution >= 4 is 22.5 Å². The van der Waals surface area contributed by atoms with Gasteiger partial charge in [-0.1, -0.05) is 0 Å². The average molecular weight is 249 g/mol. The second-order valence-corrected chi connectivity index (χ2v) is 3.91. The molecule has 0 aliphatic carbocycles. The molecule has 18 heavy (non-hydrogen) atoms. The van der Waals surface area contributed by atoms with Gasteiger partial charge in [0.1, 0.15) is 5.82 Å². The van der Waals surface area contributed by atoms with Crippen molar-refractivity contribution in [1.29, 1.82) is 0 Å². The minimum Gasteiger partial charge on any atom is -0.396 e. The highest BCUT2D eigenvalue weighted by Crippen LogP contribution is 2.16. The molecule has 7 heteroatoms. The van der Waals surface area contributed by atoms with Crippen molar-refractivity contribution in [3.05, 3.63) is 26.9 Å². The van der Waals surface area contributed by atoms with E-state index in [9.17, 15) is 9.59 Å². The van der Waals surface area contributed by atoms with Gasteiger partial charge in [-0.05, 0) is 19.9 Å². The first-order valence-electron chi connectivity index (χ1n) is 5.70. The average Bonchev–Trinajstić information content (AvgIpc) is 2.33. The van der Waals surface area contributed by atoms with Gasteiger partial charge < -0.3 is 11.5 Å². The Bertz CT molecular complexity index is 729. The third-order valence-corrected chi connectivity index (χ3v) is 2.89. The van der Waals surface area contributed by atoms with E-state index >= 15 is 0 Å². The predicted molar refractivity (Wildman–Crippen MR) is 70.4 cm³/mol. The third kappa shape index (κ3) is 1.55. The Balaban J connectivity index is 3.09. The van der Waals surface area contributed by atoms with Crippen LogP contribution in [0, 0.1) is 0 Å². The zero-order valence-electron chi connectivity index (χ0n) is 10.3. The molecule has 0 spiro atoms. The molecule has 0 unspecified atom stereocenters. The zero-order chi connectivity index (χ0) is 13.4. The molecule has 0 saturated heterocycles. The number of fused-ring (bicyclic) bond motifs is 1. The number of nitrogens with two attached hydrogens (primary N) is 2. The summed E-state index contributed by atoms with van der Waals surface area (Å²) in [5.74, 6) is 0.123. The van der Waals surface area contributed by atoms with Crippen molar-refractivity contribution in [1.82, 2.24) is 14.1 Å². The monoisotopic (exact) mass is 249 g/mol. The van der Waals surface area contributed by atoms with Crippen LogP contribution in [0.5, 0.6) is 0 Å². The van der Waals surface area contributed by atoms with Gasteiger partial charge in [-0.3, -0.25) is 13.9 Å². The Kier molecular flexibility index (Phi) is 2.82. The molecule has 0 saturated carbocycles. The highest BCUT2D eigenvalue weighted by molar-refractivity contribution is 5.82. The molecule has 0 fully saturated rings. The van der Waals surface area contributed by atoms with Gasteiger partial charge in [0.15, 0.2) is 5.65 Å². The van der Waals surface area contributed by atoms with Crippen LogP contribution >= 0.6 is 0 Å². The molecule has 2 heterocycles. The van der Waals surface area contributed by atoms with E-state index in [2.05, 4.69) is 4.98 Å². The van der Waals surface area contributed by atoms with E-state index in [0.29, 0.717) is 18.5 Å². The Hall–Kier alpha value is -2.31. The van der Waals surface area contributed by atoms with Gasteiger partial charge in [-0.25, -0.2) is 9.78 Å². The smallest absolute Gasteiger partial charge is 0.332 e. The predicted octanol–water partition coefficient (Wildman–Crippen LogP) is -0.238. The summed E-state index contributed by atoms with van der Waals surface area (Å²) in [4.78, 5) is 28.2. The summed E-state index contributed by atoms with van der Waals surface area (Å²) in [7, 11) is 0. The zero-order valence-corrected chi connectivity index (χ0v) is 10.3. The maximum Gasteiger partial charge on any atom is 0.332 e. The first kappa shape index (κ1) is 12.2. The lowest BCUT2D eigenvalue weighted by Gasteiger charge is -2.11. The molecule has 4 N–H and O–H groups in total. The largest absolute Gasteiger partial charge is 0.396 e. The van der Waals surface area contributed by atoms with Gasteiger partial charge in [-0.2, -0.15) is 0 Å². The van der Waals surface area contributed by atoms with E-state index in [-0.39, 0.29) is 28.4 Å². The highest BCUT2D eigenvalue weighted by Gasteiger charge is 2.13. The fourth-order valence-electron chi connectivity index (χ4n) is 1.93. The van der Waals surface area contributed by atoms with E-state index in [1.54, 1.807) is 13.8 Å². The lowest BCUT2D eigenvalue weighted by molar-refractivity contribution is 0.605. The Morgan fingerprint density at radius 3 is 2.33 bits per heavy atom. The summed E-state index contributed by atoms with van der Waals surface area (Å²) in [5.41, 5.74) is 11.0. The van der Waals surface area contributed by atoms with E-state index in [0.717, 1.165) is 4.57 Å². The van der Waals surface area contributed by atoms with Crippen molar-refractivity contribution < 1.29 is 0 Å². The topological polar surface area (TPSA) is 109 Å². The fraction of sp³-hybridized carbons (Fsp3) is 0.364. The number of anilines is 2. The number of pyridine rings is 1. The minimum atomic E-state index is -0.388. The molecule has 0 radical (unpaired) electrons. The maximum absolute atomic E-state index is 12.1. The van der Waals surface area contributed by atoms with Crippen molar-refractivity contribution in [2.45, 2.75) is 26.9 Å². The molecule has 0 amide bonds. The number of hydrogen-bond donors (Lipinski definition) is 2. The number of nitrogens with zero attached hydrogens (tertiary/aromatic N) is 3. The SMILES string of the molecule is CCn1c(=O)c2cc(N)c(N)nc2n(CC)c1=O. The standard InChI is InChI=1S/C11H15N5O2/c1-3-15-9-6(5-7(12)8(13)14-9)10(17)16(4-2)11(15)18/h5H,3-4,12H2,1-2H3,(H2,13,14). The van der Waals surface area contributed by atoms with Crippen molar-refractivity contribution in [2.24, 2.45) is 0 Å². The van der Waals surface area contributed by atoms with Crippen molar-refractivity contribution in [3.63, 3.8) is 0 Å². The maximum atomic E-state index is 12.1. The molecule has 0 bridgehead atoms. The number of aromatic nitrogens is 3. The van der Waals surface area contributed by atoms with E-state index in [1.165, 1.54) is 10.6 Å². The molecular weight excluding hydrogens is 234 g/mol. The molecule has 96 valence electrons. The molecule has 2 rings (SSSR count). The summed E-state index contributed by atoms with van der Waals surface area (Å²) in [5, 5.41) is 0.310. The Morgan fingerprint density at radius 1 is 1.17 bits per heavy atom. The van der Waals surface area contributed by atoms with Gasteiger partial charge in [0.2, 0.25) is 0 Å². The number of nitrogen functional groups attached to an aromatic ring is 2. The first-order valence-corrected chi connectivity index (χ1v) is 5.70. The molecule has 2 aromatic rings. The van der Waals surface area contributed by atoms with Crippen molar-refractivity contribution in [3.8, 4) is 0 Å². The Labute approximate surface area is 103 Å². The second kappa shape index (κ2) is 4.17. The van der Waals surface area contributed by atoms with Crippen LogP contribution in [-0.4, -0.2) is 14.1 Å². The number of hydrogen-bond acceptors (Lipinski definition) is 5. The second-order valence-electron chi connectivity index (χ2n) is 3.91. The lowest BCUT2D eigenvalue weighted by Crippen LogP contribution is -2.39. The molecule has 0 aromatic carbocycles. The normalized spacial score (nSPS) is 11.0. The van der Waals surface area contributed by atoms with Gasteiger partial charge in [0.25, 0.3) is 5.56 Å². The fourth-order valence-corrected chi connectivity index (χ4v) is 1.93. The minimum absolute atomic E-state index is 0.123. The molecule has 0 atom stereocenters. The Morgan fingerprint density at radius 2 is 1.78 bits per heavy atom. The molecular formula is C11H15N5O2. The van der Waals surface area contributed by atoms with Gasteiger partial charge in [0.05, 0.1) is 11.1 Å². The van der Waals surface area contributed by atoms with Gasteiger partial charge in [-0.15, -0.1) is 0 Å². The van der Waals surface area contributed by atoms with E-state index < -0.39 is 0 Å². The summed E-state index contributed by atoms with van der Waals surface area (Å²) >= 11 is 0. The first-order chi connectivity index (χ1) is 8.51. The molecule has 7 nitrogen and oxygen atoms in total. The van der Waals surface area contributed by atoms with E-state index in [4.69, 9.17) is 11.5 Å². The summed E-state index contributed by atoms with van der Waals surface area (Å²) in [6, 6.07) is 1.47. The van der Waals surface area contributed by atoms with Crippen LogP contribution in [0.4, 0.5) is 11.5 Å². The lowest BCUT2D eigenvalue weighted by atomic mass is 10.3. The van der Waals surface area contributed by atoms with Crippen LogP contribution < -0.4 is 22.7 Å². The number of rotatable bonds is 2. The quantitative estimate of drug-likeness (QED) is 0.763. The van der Waals surface area contributed by atoms with Crippen LogP contribution in [0.25, 0.3) is 11.0 Å². The number of aryl methyl sites for hydroxylation is 1. The highest BCUT2D eigenvalue weighted by atomic mass is 16.2. The summed E-state index contributed by atoms with van der Waals surface area (Å²) in [6.45, 7) is 4.26. The van der Waals surface area contributed by atoms with Crippen LogP contribution in [0.3, 0.4) is 0 Å². The molecule has 0 aliphatic heterocycles. The molecule has 2 aromatic heterocycles. The van der Waals surface area contributed by atoms with E-state index in [1.807, 2.05) is 0 Å². The van der Waals surface area contributed by atoms with Crippen LogP contribution in [-0.2, 0) is 13.1 Å². The van der Waals surface area contributed by atoms with Crippen LogP contribution in [0.15, 0.2) is 15.7 Å². The van der Waals surface area contributed by atoms with Crippen molar-refractivity contribution in [2.75, 3.05) is 11.5 Å². The summed E-state index contributed by atoms with van der Waals surface area (Å²) < 4.78 is 2.57. The van der Waals surface area contributed by atoms with Gasteiger partial charge >= 0.3 is 5.69 Å². The molecule has 0 aliphatic rings. The summed E-state index contributed by atoms with van der Waals surface area (Å²) in [6.07, 6.45) is 0.